The molecule has 27 heavy (non-hydrogen) atoms. The molecule has 3 unspecified atom stereocenters. The normalized spacial score (nSPS) is 22.4. The highest BCUT2D eigenvalue weighted by Crippen LogP contribution is 2.43. The van der Waals surface area contributed by atoms with Crippen molar-refractivity contribution < 1.29 is 40.6 Å². The lowest BCUT2D eigenvalue weighted by molar-refractivity contribution is -0.120. The minimum atomic E-state index is -3.46. The Balaban J connectivity index is 0.00000114. The van der Waals surface area contributed by atoms with Crippen molar-refractivity contribution in [3.8, 4) is 0 Å². The Hall–Kier alpha value is -1.40. The zero-order chi connectivity index (χ0) is 20.8. The zero-order valence-corrected chi connectivity index (χ0v) is 15.2. The van der Waals surface area contributed by atoms with Crippen molar-refractivity contribution in [3.05, 3.63) is 22.5 Å². The van der Waals surface area contributed by atoms with Crippen molar-refractivity contribution in [2.75, 3.05) is 19.3 Å². The molecule has 2 rings (SSSR count). The molecule has 0 aromatic carbocycles. The van der Waals surface area contributed by atoms with Gasteiger partial charge in [0.15, 0.2) is 11.6 Å². The van der Waals surface area contributed by atoms with Crippen molar-refractivity contribution in [3.63, 3.8) is 0 Å². The van der Waals surface area contributed by atoms with Gasteiger partial charge in [-0.25, -0.2) is 26.7 Å². The molecule has 1 saturated heterocycles. The fourth-order valence-corrected chi connectivity index (χ4v) is 2.80. The summed E-state index contributed by atoms with van der Waals surface area (Å²) in [7, 11) is -2.23. The summed E-state index contributed by atoms with van der Waals surface area (Å²) in [5.74, 6) is -5.26. The molecule has 156 valence electrons. The minimum Gasteiger partial charge on any atom is -0.381 e. The molecule has 8 nitrogen and oxygen atoms in total. The van der Waals surface area contributed by atoms with E-state index in [0.29, 0.717) is 10.8 Å². The van der Waals surface area contributed by atoms with Gasteiger partial charge in [0.25, 0.3) is 5.92 Å². The lowest BCUT2D eigenvalue weighted by Crippen LogP contribution is -2.35. The lowest BCUT2D eigenvalue weighted by atomic mass is 10.2. The van der Waals surface area contributed by atoms with Gasteiger partial charge in [-0.1, -0.05) is 0 Å². The van der Waals surface area contributed by atoms with Crippen LogP contribution in [0.15, 0.2) is 11.0 Å². The van der Waals surface area contributed by atoms with Gasteiger partial charge in [0.1, 0.15) is 0 Å². The maximum atomic E-state index is 14.1. The summed E-state index contributed by atoms with van der Waals surface area (Å²) in [6.45, 7) is 1.21. The third-order valence-corrected chi connectivity index (χ3v) is 4.01. The highest BCUT2D eigenvalue weighted by Gasteiger charge is 2.52. The van der Waals surface area contributed by atoms with Crippen LogP contribution in [0.2, 0.25) is 0 Å². The number of ether oxygens (including phenoxy) is 1. The van der Waals surface area contributed by atoms with Gasteiger partial charge in [-0.05, 0) is 13.8 Å². The van der Waals surface area contributed by atoms with Crippen LogP contribution >= 0.6 is 8.60 Å². The highest BCUT2D eigenvalue weighted by molar-refractivity contribution is 7.40. The number of nitrogen functional groups attached to an aromatic ring is 1. The lowest BCUT2D eigenvalue weighted by Gasteiger charge is -2.20. The topological polar surface area (TPSA) is 109 Å². The Bertz CT molecular complexity index is 666. The second-order valence-electron chi connectivity index (χ2n) is 5.53. The fourth-order valence-electron chi connectivity index (χ4n) is 2.08. The van der Waals surface area contributed by atoms with Gasteiger partial charge in [0.05, 0.1) is 25.0 Å². The van der Waals surface area contributed by atoms with E-state index < -0.39 is 57.5 Å². The van der Waals surface area contributed by atoms with Crippen LogP contribution in [0.3, 0.4) is 0 Å². The smallest absolute Gasteiger partial charge is 0.352 e. The van der Waals surface area contributed by atoms with E-state index in [4.69, 9.17) is 19.5 Å². The molecule has 0 aliphatic carbocycles. The summed E-state index contributed by atoms with van der Waals surface area (Å²) in [6, 6.07) is 0. The average molecular weight is 423 g/mol. The standard InChI is InChI=1S/C12H17F3N3O5P.CH2F2/c1-6(2)23-24(20)21-5-7-3-12(14,15)10(22-7)18-4-8(13)9(16)17-11(18)19;2-1-3/h4,6-7,10,20H,3,5H2,1-2H3,(H2,16,17,19);1H2. The number of hydrogen-bond acceptors (Lipinski definition) is 7. The van der Waals surface area contributed by atoms with Crippen molar-refractivity contribution in [2.45, 2.75) is 44.6 Å². The number of rotatable bonds is 6. The summed E-state index contributed by atoms with van der Waals surface area (Å²) < 4.78 is 76.1. The summed E-state index contributed by atoms with van der Waals surface area (Å²) in [5.41, 5.74) is 3.96. The van der Waals surface area contributed by atoms with E-state index in [2.05, 4.69) is 4.98 Å². The highest BCUT2D eigenvalue weighted by atomic mass is 31.2. The van der Waals surface area contributed by atoms with Crippen LogP contribution in [0.5, 0.6) is 0 Å². The Labute approximate surface area is 152 Å². The molecule has 0 spiro atoms. The SMILES string of the molecule is CC(C)OP(O)OCC1CC(F)(F)C(n2cc(F)c(N)nc2=O)O1.FCF. The number of halogens is 5. The first-order valence-corrected chi connectivity index (χ1v) is 8.62. The zero-order valence-electron chi connectivity index (χ0n) is 14.3. The molecule has 0 saturated carbocycles. The molecule has 0 bridgehead atoms. The molecule has 1 aromatic rings. The Morgan fingerprint density at radius 1 is 1.52 bits per heavy atom. The number of aromatic nitrogens is 2. The van der Waals surface area contributed by atoms with Crippen LogP contribution < -0.4 is 11.4 Å². The van der Waals surface area contributed by atoms with Crippen LogP contribution in [0, 0.1) is 5.82 Å². The van der Waals surface area contributed by atoms with E-state index in [1.807, 2.05) is 0 Å². The van der Waals surface area contributed by atoms with Gasteiger partial charge in [0.2, 0.25) is 13.2 Å². The van der Waals surface area contributed by atoms with E-state index in [9.17, 15) is 31.6 Å². The number of hydrogen-bond donors (Lipinski definition) is 2. The van der Waals surface area contributed by atoms with Gasteiger partial charge in [-0.3, -0.25) is 4.57 Å². The van der Waals surface area contributed by atoms with Crippen LogP contribution in [0.1, 0.15) is 26.5 Å². The molecule has 1 aliphatic rings. The molecular formula is C13H19F5N3O5P. The van der Waals surface area contributed by atoms with Gasteiger partial charge in [-0.2, -0.15) is 4.98 Å². The predicted molar refractivity (Wildman–Crippen MR) is 84.7 cm³/mol. The van der Waals surface area contributed by atoms with Crippen molar-refractivity contribution in [1.29, 1.82) is 0 Å². The number of nitrogens with two attached hydrogens (primary N) is 1. The van der Waals surface area contributed by atoms with Gasteiger partial charge in [0, 0.05) is 6.42 Å². The number of anilines is 1. The molecule has 0 amide bonds. The molecular weight excluding hydrogens is 404 g/mol. The summed E-state index contributed by atoms with van der Waals surface area (Å²) in [5, 5.41) is 0. The van der Waals surface area contributed by atoms with Crippen molar-refractivity contribution in [2.24, 2.45) is 0 Å². The van der Waals surface area contributed by atoms with Crippen LogP contribution in [0.4, 0.5) is 27.8 Å². The summed E-state index contributed by atoms with van der Waals surface area (Å²) in [6.07, 6.45) is -3.72. The van der Waals surface area contributed by atoms with E-state index in [1.54, 1.807) is 13.8 Å². The number of alkyl halides is 4. The van der Waals surface area contributed by atoms with Crippen molar-refractivity contribution in [1.82, 2.24) is 9.55 Å². The Kier molecular flexibility index (Phi) is 8.95. The molecule has 1 aromatic heterocycles. The quantitative estimate of drug-likeness (QED) is 0.534. The molecule has 1 aliphatic heterocycles. The van der Waals surface area contributed by atoms with Crippen LogP contribution in [0.25, 0.3) is 0 Å². The summed E-state index contributed by atoms with van der Waals surface area (Å²) in [4.78, 5) is 24.2. The third kappa shape index (κ3) is 6.92. The van der Waals surface area contributed by atoms with E-state index >= 15 is 0 Å². The van der Waals surface area contributed by atoms with E-state index in [-0.39, 0.29) is 12.7 Å². The largest absolute Gasteiger partial charge is 0.381 e. The van der Waals surface area contributed by atoms with Crippen molar-refractivity contribution >= 4 is 14.4 Å². The second kappa shape index (κ2) is 10.2. The van der Waals surface area contributed by atoms with Crippen LogP contribution in [-0.4, -0.2) is 46.1 Å². The minimum absolute atomic E-state index is 0.304. The predicted octanol–water partition coefficient (Wildman–Crippen LogP) is 2.43. The fraction of sp³-hybridized carbons (Fsp3) is 0.692. The monoisotopic (exact) mass is 423 g/mol. The molecule has 14 heteroatoms. The molecule has 1 fully saturated rings. The van der Waals surface area contributed by atoms with Gasteiger partial charge >= 0.3 is 14.3 Å². The first-order valence-electron chi connectivity index (χ1n) is 7.49. The maximum Gasteiger partial charge on any atom is 0.352 e. The summed E-state index contributed by atoms with van der Waals surface area (Å²) >= 11 is 0. The first-order chi connectivity index (χ1) is 12.5. The first kappa shape index (κ1) is 23.6. The number of nitrogens with zero attached hydrogens (tertiary/aromatic N) is 2. The molecule has 3 atom stereocenters. The Morgan fingerprint density at radius 3 is 2.67 bits per heavy atom. The third-order valence-electron chi connectivity index (χ3n) is 3.04. The molecule has 0 radical (unpaired) electrons. The maximum absolute atomic E-state index is 14.1. The van der Waals surface area contributed by atoms with Crippen LogP contribution in [-0.2, 0) is 13.8 Å². The van der Waals surface area contributed by atoms with E-state index in [0.717, 1.165) is 0 Å². The Morgan fingerprint density at radius 2 is 2.11 bits per heavy atom. The van der Waals surface area contributed by atoms with Gasteiger partial charge in [-0.15, -0.1) is 0 Å². The molecule has 2 heterocycles. The average Bonchev–Trinajstić information content (AvgIpc) is 2.84. The molecule has 3 N–H and O–H groups in total. The second-order valence-corrected chi connectivity index (χ2v) is 6.47. The van der Waals surface area contributed by atoms with E-state index in [1.165, 1.54) is 0 Å². The van der Waals surface area contributed by atoms with Gasteiger partial charge < -0.3 is 24.4 Å².